The van der Waals surface area contributed by atoms with Crippen molar-refractivity contribution in [3.8, 4) is 11.8 Å². The second-order valence-electron chi connectivity index (χ2n) is 3.19. The summed E-state index contributed by atoms with van der Waals surface area (Å²) < 4.78 is 0. The summed E-state index contributed by atoms with van der Waals surface area (Å²) in [6, 6.07) is 0.681. The largest absolute Gasteiger partial charge is 0.317 e. The highest BCUT2D eigenvalue weighted by molar-refractivity contribution is 4.97. The van der Waals surface area contributed by atoms with E-state index < -0.39 is 0 Å². The molecule has 0 amide bonds. The molecule has 0 aliphatic carbocycles. The first-order valence-electron chi connectivity index (χ1n) is 4.77. The summed E-state index contributed by atoms with van der Waals surface area (Å²) in [7, 11) is 0. The second kappa shape index (κ2) is 6.05. The molecule has 1 aliphatic rings. The van der Waals surface area contributed by atoms with Crippen LogP contribution in [0.15, 0.2) is 0 Å². The zero-order chi connectivity index (χ0) is 8.65. The van der Waals surface area contributed by atoms with Gasteiger partial charge in [-0.2, -0.15) is 0 Å². The topological polar surface area (TPSA) is 24.1 Å². The highest BCUT2D eigenvalue weighted by Gasteiger charge is 2.09. The Balaban J connectivity index is 2.14. The molecule has 2 N–H and O–H groups in total. The van der Waals surface area contributed by atoms with Gasteiger partial charge in [0.25, 0.3) is 0 Å². The molecule has 2 heteroatoms. The predicted octanol–water partition coefficient (Wildman–Crippen LogP) is 0.741. The van der Waals surface area contributed by atoms with Crippen LogP contribution in [0, 0.1) is 11.8 Å². The minimum Gasteiger partial charge on any atom is -0.317 e. The highest BCUT2D eigenvalue weighted by atomic mass is 14.9. The molecule has 0 bridgehead atoms. The maximum absolute atomic E-state index is 3.45. The van der Waals surface area contributed by atoms with E-state index in [1.807, 2.05) is 6.92 Å². The van der Waals surface area contributed by atoms with Crippen LogP contribution in [0.5, 0.6) is 0 Å². The number of nitrogens with one attached hydrogen (secondary N) is 2. The van der Waals surface area contributed by atoms with Gasteiger partial charge in [0, 0.05) is 6.04 Å². The molecule has 1 aliphatic heterocycles. The molecule has 1 fully saturated rings. The molecular weight excluding hydrogens is 148 g/mol. The van der Waals surface area contributed by atoms with Crippen molar-refractivity contribution in [2.75, 3.05) is 19.6 Å². The molecule has 0 aromatic carbocycles. The standard InChI is InChI=1S/C10H18N2/c1-2-3-8-12-10-5-4-7-11-9-6-10/h10-12H,4-9H2,1H3. The van der Waals surface area contributed by atoms with E-state index in [9.17, 15) is 0 Å². The van der Waals surface area contributed by atoms with E-state index in [0.717, 1.165) is 13.1 Å². The number of hydrogen-bond donors (Lipinski definition) is 2. The molecule has 68 valence electrons. The van der Waals surface area contributed by atoms with E-state index in [-0.39, 0.29) is 0 Å². The van der Waals surface area contributed by atoms with Crippen LogP contribution in [0.25, 0.3) is 0 Å². The van der Waals surface area contributed by atoms with E-state index in [2.05, 4.69) is 22.5 Å². The lowest BCUT2D eigenvalue weighted by atomic mass is 10.1. The summed E-state index contributed by atoms with van der Waals surface area (Å²) in [6.07, 6.45) is 3.82. The van der Waals surface area contributed by atoms with Gasteiger partial charge in [-0.05, 0) is 39.3 Å². The summed E-state index contributed by atoms with van der Waals surface area (Å²) in [5, 5.41) is 6.84. The maximum atomic E-state index is 3.45. The van der Waals surface area contributed by atoms with Crippen LogP contribution < -0.4 is 10.6 Å². The monoisotopic (exact) mass is 166 g/mol. The lowest BCUT2D eigenvalue weighted by molar-refractivity contribution is 0.495. The summed E-state index contributed by atoms with van der Waals surface area (Å²) in [5.74, 6) is 5.93. The molecule has 0 aromatic heterocycles. The van der Waals surface area contributed by atoms with Crippen LogP contribution >= 0.6 is 0 Å². The normalized spacial score (nSPS) is 23.9. The molecule has 0 radical (unpaired) electrons. The van der Waals surface area contributed by atoms with Crippen LogP contribution in [-0.4, -0.2) is 25.7 Å². The average molecular weight is 166 g/mol. The number of hydrogen-bond acceptors (Lipinski definition) is 2. The van der Waals surface area contributed by atoms with Crippen molar-refractivity contribution in [1.82, 2.24) is 10.6 Å². The molecule has 1 unspecified atom stereocenters. The van der Waals surface area contributed by atoms with Gasteiger partial charge in [-0.1, -0.05) is 5.92 Å². The minimum absolute atomic E-state index is 0.681. The van der Waals surface area contributed by atoms with Crippen molar-refractivity contribution < 1.29 is 0 Å². The molecule has 0 spiro atoms. The van der Waals surface area contributed by atoms with E-state index in [1.165, 1.54) is 25.8 Å². The third kappa shape index (κ3) is 3.75. The van der Waals surface area contributed by atoms with Crippen LogP contribution in [0.4, 0.5) is 0 Å². The van der Waals surface area contributed by atoms with Crippen LogP contribution in [0.2, 0.25) is 0 Å². The Hall–Kier alpha value is -0.520. The molecule has 12 heavy (non-hydrogen) atoms. The van der Waals surface area contributed by atoms with E-state index in [0.29, 0.717) is 6.04 Å². The van der Waals surface area contributed by atoms with Crippen LogP contribution in [0.3, 0.4) is 0 Å². The Labute approximate surface area is 75.1 Å². The Bertz CT molecular complexity index is 158. The zero-order valence-corrected chi connectivity index (χ0v) is 7.82. The Kier molecular flexibility index (Phi) is 4.82. The van der Waals surface area contributed by atoms with Gasteiger partial charge in [-0.3, -0.25) is 0 Å². The van der Waals surface area contributed by atoms with Crippen molar-refractivity contribution in [2.24, 2.45) is 0 Å². The fourth-order valence-electron chi connectivity index (χ4n) is 1.51. The van der Waals surface area contributed by atoms with Crippen LogP contribution in [-0.2, 0) is 0 Å². The molecule has 1 saturated heterocycles. The third-order valence-electron chi connectivity index (χ3n) is 2.23. The maximum Gasteiger partial charge on any atom is 0.0578 e. The fourth-order valence-corrected chi connectivity index (χ4v) is 1.51. The molecule has 2 nitrogen and oxygen atoms in total. The van der Waals surface area contributed by atoms with E-state index in [1.54, 1.807) is 0 Å². The van der Waals surface area contributed by atoms with E-state index >= 15 is 0 Å². The van der Waals surface area contributed by atoms with Gasteiger partial charge in [0.2, 0.25) is 0 Å². The Morgan fingerprint density at radius 1 is 1.42 bits per heavy atom. The predicted molar refractivity (Wildman–Crippen MR) is 52.0 cm³/mol. The van der Waals surface area contributed by atoms with Gasteiger partial charge < -0.3 is 10.6 Å². The summed E-state index contributed by atoms with van der Waals surface area (Å²) in [4.78, 5) is 0. The van der Waals surface area contributed by atoms with Crippen molar-refractivity contribution in [2.45, 2.75) is 32.2 Å². The fraction of sp³-hybridized carbons (Fsp3) is 0.800. The molecule has 0 saturated carbocycles. The first kappa shape index (κ1) is 9.57. The molecule has 0 aromatic rings. The summed E-state index contributed by atoms with van der Waals surface area (Å²) in [6.45, 7) is 5.06. The third-order valence-corrected chi connectivity index (χ3v) is 2.23. The van der Waals surface area contributed by atoms with Crippen molar-refractivity contribution in [1.29, 1.82) is 0 Å². The van der Waals surface area contributed by atoms with Gasteiger partial charge in [-0.15, -0.1) is 5.92 Å². The quantitative estimate of drug-likeness (QED) is 0.591. The zero-order valence-electron chi connectivity index (χ0n) is 7.82. The molecule has 1 rings (SSSR count). The highest BCUT2D eigenvalue weighted by Crippen LogP contribution is 2.03. The summed E-state index contributed by atoms with van der Waals surface area (Å²) in [5.41, 5.74) is 0. The van der Waals surface area contributed by atoms with Crippen LogP contribution in [0.1, 0.15) is 26.2 Å². The lowest BCUT2D eigenvalue weighted by Crippen LogP contribution is -2.30. The molecular formula is C10H18N2. The number of rotatable bonds is 2. The lowest BCUT2D eigenvalue weighted by Gasteiger charge is -2.12. The van der Waals surface area contributed by atoms with Crippen molar-refractivity contribution in [3.63, 3.8) is 0 Å². The van der Waals surface area contributed by atoms with Crippen molar-refractivity contribution >= 4 is 0 Å². The Morgan fingerprint density at radius 2 is 2.33 bits per heavy atom. The summed E-state index contributed by atoms with van der Waals surface area (Å²) >= 11 is 0. The minimum atomic E-state index is 0.681. The SMILES string of the molecule is CC#CCNC1CCCNCC1. The van der Waals surface area contributed by atoms with Gasteiger partial charge in [-0.25, -0.2) is 0 Å². The van der Waals surface area contributed by atoms with Gasteiger partial charge in [0.1, 0.15) is 0 Å². The smallest absolute Gasteiger partial charge is 0.0578 e. The van der Waals surface area contributed by atoms with Gasteiger partial charge in [0.05, 0.1) is 6.54 Å². The van der Waals surface area contributed by atoms with Crippen molar-refractivity contribution in [3.05, 3.63) is 0 Å². The Morgan fingerprint density at radius 3 is 3.17 bits per heavy atom. The first-order valence-corrected chi connectivity index (χ1v) is 4.77. The van der Waals surface area contributed by atoms with Gasteiger partial charge in [0.15, 0.2) is 0 Å². The van der Waals surface area contributed by atoms with Gasteiger partial charge >= 0.3 is 0 Å². The molecule has 1 heterocycles. The second-order valence-corrected chi connectivity index (χ2v) is 3.19. The first-order chi connectivity index (χ1) is 5.93. The molecule has 1 atom stereocenters. The van der Waals surface area contributed by atoms with E-state index in [4.69, 9.17) is 0 Å². The average Bonchev–Trinajstić information content (AvgIpc) is 2.33.